The van der Waals surface area contributed by atoms with E-state index in [1.165, 1.54) is 42.1 Å². The topological polar surface area (TPSA) is 103 Å². The molecule has 1 unspecified atom stereocenters. The smallest absolute Gasteiger partial charge is 0.355 e. The summed E-state index contributed by atoms with van der Waals surface area (Å²) in [6.07, 6.45) is 0.285. The predicted molar refractivity (Wildman–Crippen MR) is 86.6 cm³/mol. The Labute approximate surface area is 142 Å². The molecule has 0 saturated carbocycles. The van der Waals surface area contributed by atoms with Gasteiger partial charge in [-0.2, -0.15) is 0 Å². The van der Waals surface area contributed by atoms with Crippen molar-refractivity contribution in [3.05, 3.63) is 58.2 Å². The van der Waals surface area contributed by atoms with Gasteiger partial charge in [0.15, 0.2) is 6.10 Å². The van der Waals surface area contributed by atoms with Crippen LogP contribution in [0.15, 0.2) is 36.5 Å². The van der Waals surface area contributed by atoms with Crippen LogP contribution in [0.4, 0.5) is 15.8 Å². The number of esters is 1. The van der Waals surface area contributed by atoms with Crippen molar-refractivity contribution in [1.82, 2.24) is 4.57 Å². The van der Waals surface area contributed by atoms with Gasteiger partial charge in [0.25, 0.3) is 11.6 Å². The minimum Gasteiger partial charge on any atom is -0.448 e. The van der Waals surface area contributed by atoms with Gasteiger partial charge < -0.3 is 14.6 Å². The highest BCUT2D eigenvalue weighted by atomic mass is 19.1. The number of rotatable bonds is 6. The minimum atomic E-state index is -1.09. The lowest BCUT2D eigenvalue weighted by Crippen LogP contribution is -2.32. The van der Waals surface area contributed by atoms with E-state index in [-0.39, 0.29) is 17.8 Å². The molecule has 25 heavy (non-hydrogen) atoms. The Hall–Kier alpha value is -3.23. The Morgan fingerprint density at radius 1 is 1.36 bits per heavy atom. The van der Waals surface area contributed by atoms with Gasteiger partial charge in [-0.05, 0) is 30.7 Å². The molecule has 1 aromatic carbocycles. The number of carbonyl (C=O) groups is 2. The van der Waals surface area contributed by atoms with E-state index in [1.54, 1.807) is 6.92 Å². The summed E-state index contributed by atoms with van der Waals surface area (Å²) in [4.78, 5) is 34.5. The summed E-state index contributed by atoms with van der Waals surface area (Å²) in [6.45, 7) is 1.65. The van der Waals surface area contributed by atoms with Gasteiger partial charge in [-0.15, -0.1) is 0 Å². The van der Waals surface area contributed by atoms with Crippen molar-refractivity contribution in [2.24, 2.45) is 7.05 Å². The normalized spacial score (nSPS) is 11.6. The second-order valence-corrected chi connectivity index (χ2v) is 5.25. The number of nitro groups is 1. The van der Waals surface area contributed by atoms with Crippen LogP contribution in [-0.2, 0) is 16.6 Å². The van der Waals surface area contributed by atoms with E-state index in [4.69, 9.17) is 4.74 Å². The van der Waals surface area contributed by atoms with Gasteiger partial charge in [-0.3, -0.25) is 14.9 Å². The molecule has 2 rings (SSSR count). The third kappa shape index (κ3) is 4.40. The molecule has 0 spiro atoms. The lowest BCUT2D eigenvalue weighted by Gasteiger charge is -2.16. The maximum absolute atomic E-state index is 12.9. The first kappa shape index (κ1) is 18.1. The zero-order valence-corrected chi connectivity index (χ0v) is 13.6. The largest absolute Gasteiger partial charge is 0.448 e. The maximum atomic E-state index is 12.9. The first-order chi connectivity index (χ1) is 11.8. The van der Waals surface area contributed by atoms with Gasteiger partial charge in [-0.25, -0.2) is 9.18 Å². The van der Waals surface area contributed by atoms with Crippen molar-refractivity contribution >= 4 is 23.3 Å². The number of ether oxygens (including phenoxy) is 1. The number of nitrogens with zero attached hydrogens (tertiary/aromatic N) is 2. The second-order valence-electron chi connectivity index (χ2n) is 5.25. The quantitative estimate of drug-likeness (QED) is 0.490. The van der Waals surface area contributed by atoms with Crippen molar-refractivity contribution in [2.75, 3.05) is 5.32 Å². The van der Waals surface area contributed by atoms with Crippen LogP contribution in [0.2, 0.25) is 0 Å². The third-order valence-electron chi connectivity index (χ3n) is 3.43. The summed E-state index contributed by atoms with van der Waals surface area (Å²) < 4.78 is 19.3. The van der Waals surface area contributed by atoms with Crippen molar-refractivity contribution in [2.45, 2.75) is 19.4 Å². The summed E-state index contributed by atoms with van der Waals surface area (Å²) in [5.41, 5.74) is 0.0633. The molecule has 8 nitrogen and oxygen atoms in total. The van der Waals surface area contributed by atoms with E-state index < -0.39 is 28.7 Å². The number of halogens is 1. The molecule has 0 aliphatic rings. The summed E-state index contributed by atoms with van der Waals surface area (Å²) >= 11 is 0. The zero-order valence-electron chi connectivity index (χ0n) is 13.6. The summed E-state index contributed by atoms with van der Waals surface area (Å²) in [5, 5.41) is 13.3. The van der Waals surface area contributed by atoms with Crippen molar-refractivity contribution < 1.29 is 23.6 Å². The first-order valence-electron chi connectivity index (χ1n) is 7.40. The molecule has 2 aromatic rings. The second kappa shape index (κ2) is 7.56. The Kier molecular flexibility index (Phi) is 5.48. The van der Waals surface area contributed by atoms with Crippen LogP contribution in [0.3, 0.4) is 0 Å². The molecule has 0 bridgehead atoms. The van der Waals surface area contributed by atoms with Gasteiger partial charge in [0.05, 0.1) is 11.1 Å². The predicted octanol–water partition coefficient (Wildman–Crippen LogP) is 2.65. The molecule has 9 heteroatoms. The summed E-state index contributed by atoms with van der Waals surface area (Å²) in [6, 6.07) is 6.20. The molecular formula is C16H16FN3O5. The zero-order chi connectivity index (χ0) is 18.6. The average molecular weight is 349 g/mol. The molecule has 0 radical (unpaired) electrons. The molecule has 1 amide bonds. The lowest BCUT2D eigenvalue weighted by atomic mass is 10.2. The lowest BCUT2D eigenvalue weighted by molar-refractivity contribution is -0.384. The van der Waals surface area contributed by atoms with Gasteiger partial charge in [0, 0.05) is 18.8 Å². The number of amides is 1. The van der Waals surface area contributed by atoms with E-state index in [2.05, 4.69) is 5.32 Å². The molecule has 1 heterocycles. The number of hydrogen-bond donors (Lipinski definition) is 1. The molecule has 0 fully saturated rings. The fraction of sp³-hybridized carbons (Fsp3) is 0.250. The molecular weight excluding hydrogens is 333 g/mol. The average Bonchev–Trinajstić information content (AvgIpc) is 2.96. The van der Waals surface area contributed by atoms with Crippen LogP contribution in [-0.4, -0.2) is 27.5 Å². The van der Waals surface area contributed by atoms with Crippen LogP contribution in [0.25, 0.3) is 0 Å². The van der Waals surface area contributed by atoms with E-state index >= 15 is 0 Å². The number of benzene rings is 1. The fourth-order valence-electron chi connectivity index (χ4n) is 2.12. The van der Waals surface area contributed by atoms with E-state index in [0.29, 0.717) is 5.69 Å². The van der Waals surface area contributed by atoms with Crippen molar-refractivity contribution in [3.8, 4) is 0 Å². The van der Waals surface area contributed by atoms with Crippen molar-refractivity contribution in [3.63, 3.8) is 0 Å². The number of nitrogens with one attached hydrogen (secondary N) is 1. The molecule has 0 aliphatic carbocycles. The maximum Gasteiger partial charge on any atom is 0.355 e. The number of carbonyl (C=O) groups excluding carboxylic acids is 2. The highest BCUT2D eigenvalue weighted by molar-refractivity contribution is 5.97. The van der Waals surface area contributed by atoms with Crippen molar-refractivity contribution in [1.29, 1.82) is 0 Å². The minimum absolute atomic E-state index is 0.0419. The van der Waals surface area contributed by atoms with Crippen LogP contribution in [0.5, 0.6) is 0 Å². The van der Waals surface area contributed by atoms with Gasteiger partial charge in [0.2, 0.25) is 0 Å². The molecule has 1 atom stereocenters. The fourth-order valence-corrected chi connectivity index (χ4v) is 2.12. The Balaban J connectivity index is 2.07. The first-order valence-corrected chi connectivity index (χ1v) is 7.40. The van der Waals surface area contributed by atoms with Crippen LogP contribution in [0, 0.1) is 15.9 Å². The summed E-state index contributed by atoms with van der Waals surface area (Å²) in [7, 11) is 1.46. The molecule has 0 saturated heterocycles. The van der Waals surface area contributed by atoms with Crippen LogP contribution < -0.4 is 5.32 Å². The third-order valence-corrected chi connectivity index (χ3v) is 3.43. The van der Waals surface area contributed by atoms with Gasteiger partial charge >= 0.3 is 5.97 Å². The molecule has 1 aromatic heterocycles. The monoisotopic (exact) mass is 349 g/mol. The standard InChI is InChI=1S/C16H16FN3O5/c1-3-14(15(21)18-11-6-4-10(17)5-7-11)25-16(22)13-8-12(20(23)24)9-19(13)2/h4-9,14H,3H2,1-2H3,(H,18,21). The molecule has 132 valence electrons. The van der Waals surface area contributed by atoms with E-state index in [1.807, 2.05) is 0 Å². The van der Waals surface area contributed by atoms with Crippen LogP contribution >= 0.6 is 0 Å². The van der Waals surface area contributed by atoms with E-state index in [0.717, 1.165) is 6.07 Å². The highest BCUT2D eigenvalue weighted by Crippen LogP contribution is 2.17. The highest BCUT2D eigenvalue weighted by Gasteiger charge is 2.25. The van der Waals surface area contributed by atoms with Gasteiger partial charge in [-0.1, -0.05) is 6.92 Å². The number of aryl methyl sites for hydroxylation is 1. The van der Waals surface area contributed by atoms with Crippen LogP contribution in [0.1, 0.15) is 23.8 Å². The number of aromatic nitrogens is 1. The van der Waals surface area contributed by atoms with E-state index in [9.17, 15) is 24.1 Å². The Bertz CT molecular complexity index is 801. The Morgan fingerprint density at radius 2 is 2.00 bits per heavy atom. The summed E-state index contributed by atoms with van der Waals surface area (Å²) in [5.74, 6) is -1.87. The van der Waals surface area contributed by atoms with Gasteiger partial charge in [0.1, 0.15) is 11.5 Å². The molecule has 0 aliphatic heterocycles. The number of hydrogen-bond acceptors (Lipinski definition) is 5. The number of anilines is 1. The molecule has 1 N–H and O–H groups in total. The SMILES string of the molecule is CCC(OC(=O)c1cc([N+](=O)[O-])cn1C)C(=O)Nc1ccc(F)cc1. The Morgan fingerprint density at radius 3 is 2.52 bits per heavy atom.